The maximum atomic E-state index is 11.5. The number of fused-ring (bicyclic) bond motifs is 1. The van der Waals surface area contributed by atoms with E-state index < -0.39 is 0 Å². The lowest BCUT2D eigenvalue weighted by Crippen LogP contribution is -2.11. The van der Waals surface area contributed by atoms with Crippen LogP contribution in [-0.4, -0.2) is 17.6 Å². The summed E-state index contributed by atoms with van der Waals surface area (Å²) in [7, 11) is 3.77. The van der Waals surface area contributed by atoms with E-state index in [2.05, 4.69) is 5.10 Å². The molecule has 0 atom stereocenters. The molecule has 13 heavy (non-hydrogen) atoms. The quantitative estimate of drug-likeness (QED) is 0.533. The molecule has 1 aromatic carbocycles. The van der Waals surface area contributed by atoms with Crippen LogP contribution in [0.4, 0.5) is 0 Å². The Morgan fingerprint density at radius 1 is 1.46 bits per heavy atom. The molecule has 0 aliphatic carbocycles. The van der Waals surface area contributed by atoms with Crippen molar-refractivity contribution >= 4 is 24.2 Å². The van der Waals surface area contributed by atoms with Crippen molar-refractivity contribution in [2.45, 2.75) is 6.92 Å². The zero-order valence-electron chi connectivity index (χ0n) is 8.01. The third kappa shape index (κ3) is 1.10. The monoisotopic (exact) mass is 174 g/mol. The molecule has 0 saturated carbocycles. The zero-order valence-corrected chi connectivity index (χ0v) is 8.01. The first-order valence-electron chi connectivity index (χ1n) is 4.25. The van der Waals surface area contributed by atoms with Gasteiger partial charge < -0.3 is 0 Å². The fourth-order valence-corrected chi connectivity index (χ4v) is 1.50. The Hall–Kier alpha value is -1.45. The average Bonchev–Trinajstić information content (AvgIpc) is 2.32. The largest absolute Gasteiger partial charge is 0.295 e. The Morgan fingerprint density at radius 3 is 2.85 bits per heavy atom. The third-order valence-electron chi connectivity index (χ3n) is 2.46. The van der Waals surface area contributed by atoms with Gasteiger partial charge in [0.25, 0.3) is 5.56 Å². The van der Waals surface area contributed by atoms with Crippen LogP contribution in [0, 0.1) is 6.92 Å². The second kappa shape index (κ2) is 2.52. The Kier molecular flexibility index (Phi) is 1.58. The third-order valence-corrected chi connectivity index (χ3v) is 2.46. The highest BCUT2D eigenvalue weighted by Gasteiger charge is 2.04. The number of hydrogen-bond acceptors (Lipinski definition) is 1. The van der Waals surface area contributed by atoms with Crippen LogP contribution in [0.1, 0.15) is 5.56 Å². The van der Waals surface area contributed by atoms with Gasteiger partial charge in [0.1, 0.15) is 7.85 Å². The standard InChI is InChI=1S/C9H11BN2O/c1-5-3-6-8(4-7(5)10)11-12(2)9(6)13/h3-4,11H,10H2,1-2H3. The van der Waals surface area contributed by atoms with E-state index in [1.54, 1.807) is 7.05 Å². The summed E-state index contributed by atoms with van der Waals surface area (Å²) in [4.78, 5) is 11.5. The summed E-state index contributed by atoms with van der Waals surface area (Å²) in [6, 6.07) is 3.94. The lowest BCUT2D eigenvalue weighted by molar-refractivity contribution is 0.751. The molecule has 0 bridgehead atoms. The van der Waals surface area contributed by atoms with E-state index in [1.165, 1.54) is 10.1 Å². The van der Waals surface area contributed by atoms with Crippen LogP contribution >= 0.6 is 0 Å². The number of nitrogens with zero attached hydrogens (tertiary/aromatic N) is 1. The Labute approximate surface area is 76.8 Å². The van der Waals surface area contributed by atoms with Crippen molar-refractivity contribution in [2.75, 3.05) is 0 Å². The van der Waals surface area contributed by atoms with E-state index in [0.717, 1.165) is 16.5 Å². The summed E-state index contributed by atoms with van der Waals surface area (Å²) in [5.74, 6) is 0. The molecule has 3 nitrogen and oxygen atoms in total. The average molecular weight is 174 g/mol. The van der Waals surface area contributed by atoms with E-state index in [9.17, 15) is 4.79 Å². The van der Waals surface area contributed by atoms with Crippen molar-refractivity contribution in [1.82, 2.24) is 9.78 Å². The van der Waals surface area contributed by atoms with Crippen LogP contribution in [0.3, 0.4) is 0 Å². The molecule has 0 aliphatic rings. The van der Waals surface area contributed by atoms with Crippen molar-refractivity contribution in [3.05, 3.63) is 28.0 Å². The molecule has 0 unspecified atom stereocenters. The summed E-state index contributed by atoms with van der Waals surface area (Å²) in [6.07, 6.45) is 0. The molecule has 0 fully saturated rings. The number of aryl methyl sites for hydroxylation is 2. The fraction of sp³-hybridized carbons (Fsp3) is 0.222. The van der Waals surface area contributed by atoms with Gasteiger partial charge >= 0.3 is 0 Å². The molecular weight excluding hydrogens is 163 g/mol. The van der Waals surface area contributed by atoms with Gasteiger partial charge in [-0.2, -0.15) is 0 Å². The predicted molar refractivity (Wildman–Crippen MR) is 56.5 cm³/mol. The molecule has 0 aliphatic heterocycles. The first-order chi connectivity index (χ1) is 6.09. The smallest absolute Gasteiger partial charge is 0.274 e. The second-order valence-corrected chi connectivity index (χ2v) is 3.46. The van der Waals surface area contributed by atoms with E-state index in [1.807, 2.05) is 26.9 Å². The molecule has 4 heteroatoms. The second-order valence-electron chi connectivity index (χ2n) is 3.46. The lowest BCUT2D eigenvalue weighted by atomic mass is 9.90. The van der Waals surface area contributed by atoms with Gasteiger partial charge in [-0.3, -0.25) is 14.6 Å². The summed E-state index contributed by atoms with van der Waals surface area (Å²) >= 11 is 0. The van der Waals surface area contributed by atoms with Gasteiger partial charge in [-0.25, -0.2) is 0 Å². The predicted octanol–water partition coefficient (Wildman–Crippen LogP) is -0.567. The number of H-pyrrole nitrogens is 1. The van der Waals surface area contributed by atoms with Gasteiger partial charge in [0.05, 0.1) is 10.9 Å². The zero-order chi connectivity index (χ0) is 9.59. The topological polar surface area (TPSA) is 37.8 Å². The van der Waals surface area contributed by atoms with Crippen LogP contribution in [0.25, 0.3) is 10.9 Å². The van der Waals surface area contributed by atoms with Gasteiger partial charge in [0, 0.05) is 7.05 Å². The highest BCUT2D eigenvalue weighted by molar-refractivity contribution is 6.34. The Balaban J connectivity index is 2.97. The minimum absolute atomic E-state index is 0.0399. The van der Waals surface area contributed by atoms with Crippen LogP contribution in [0.5, 0.6) is 0 Å². The van der Waals surface area contributed by atoms with Gasteiger partial charge in [-0.1, -0.05) is 11.0 Å². The number of hydrogen-bond donors (Lipinski definition) is 1. The highest BCUT2D eigenvalue weighted by Crippen LogP contribution is 2.06. The van der Waals surface area contributed by atoms with Crippen molar-refractivity contribution in [3.63, 3.8) is 0 Å². The summed E-state index contributed by atoms with van der Waals surface area (Å²) in [6.45, 7) is 2.02. The molecule has 66 valence electrons. The van der Waals surface area contributed by atoms with Gasteiger partial charge in [-0.05, 0) is 19.1 Å². The van der Waals surface area contributed by atoms with Gasteiger partial charge in [0.15, 0.2) is 0 Å². The van der Waals surface area contributed by atoms with Crippen molar-refractivity contribution < 1.29 is 0 Å². The Morgan fingerprint density at radius 2 is 2.15 bits per heavy atom. The van der Waals surface area contributed by atoms with Gasteiger partial charge in [-0.15, -0.1) is 0 Å². The molecule has 0 amide bonds. The number of aromatic amines is 1. The normalized spacial score (nSPS) is 10.9. The first-order valence-corrected chi connectivity index (χ1v) is 4.25. The molecular formula is C9H11BN2O. The van der Waals surface area contributed by atoms with Crippen molar-refractivity contribution in [2.24, 2.45) is 7.05 Å². The molecule has 0 spiro atoms. The maximum absolute atomic E-state index is 11.5. The highest BCUT2D eigenvalue weighted by atomic mass is 16.1. The fourth-order valence-electron chi connectivity index (χ4n) is 1.50. The van der Waals surface area contributed by atoms with Crippen LogP contribution in [0.15, 0.2) is 16.9 Å². The Bertz CT molecular complexity index is 524. The van der Waals surface area contributed by atoms with Crippen LogP contribution < -0.4 is 11.0 Å². The number of rotatable bonds is 0. The minimum Gasteiger partial charge on any atom is -0.295 e. The molecule has 0 saturated heterocycles. The molecule has 1 N–H and O–H groups in total. The summed E-state index contributed by atoms with van der Waals surface area (Å²) in [5, 5.41) is 3.77. The SMILES string of the molecule is Bc1cc2[nH]n(C)c(=O)c2cc1C. The molecule has 2 rings (SSSR count). The van der Waals surface area contributed by atoms with E-state index >= 15 is 0 Å². The van der Waals surface area contributed by atoms with E-state index in [4.69, 9.17) is 0 Å². The minimum atomic E-state index is 0.0399. The van der Waals surface area contributed by atoms with Gasteiger partial charge in [0.2, 0.25) is 0 Å². The first kappa shape index (κ1) is 8.17. The molecule has 0 radical (unpaired) electrons. The number of aromatic nitrogens is 2. The number of benzene rings is 1. The van der Waals surface area contributed by atoms with Crippen LogP contribution in [-0.2, 0) is 7.05 Å². The van der Waals surface area contributed by atoms with Crippen molar-refractivity contribution in [3.8, 4) is 0 Å². The lowest BCUT2D eigenvalue weighted by Gasteiger charge is -1.97. The summed E-state index contributed by atoms with van der Waals surface area (Å²) < 4.78 is 1.50. The van der Waals surface area contributed by atoms with E-state index in [-0.39, 0.29) is 5.56 Å². The van der Waals surface area contributed by atoms with Crippen LogP contribution in [0.2, 0.25) is 0 Å². The molecule has 2 aromatic rings. The molecule has 1 heterocycles. The van der Waals surface area contributed by atoms with Crippen molar-refractivity contribution in [1.29, 1.82) is 0 Å². The summed E-state index contributed by atoms with van der Waals surface area (Å²) in [5.41, 5.74) is 3.31. The maximum Gasteiger partial charge on any atom is 0.274 e. The number of nitrogens with one attached hydrogen (secondary N) is 1. The molecule has 1 aromatic heterocycles. The van der Waals surface area contributed by atoms with E-state index in [0.29, 0.717) is 0 Å².